The Morgan fingerprint density at radius 2 is 1.73 bits per heavy atom. The van der Waals surface area contributed by atoms with Crippen LogP contribution in [0.15, 0.2) is 66.0 Å². The molecule has 3 aromatic rings. The highest BCUT2D eigenvalue weighted by molar-refractivity contribution is 8.14. The van der Waals surface area contributed by atoms with Gasteiger partial charge in [0.05, 0.1) is 18.9 Å². The van der Waals surface area contributed by atoms with Crippen molar-refractivity contribution in [3.63, 3.8) is 0 Å². The molecule has 1 aromatic heterocycles. The average molecular weight is 429 g/mol. The number of hydrogen-bond acceptors (Lipinski definition) is 5. The Balaban J connectivity index is 1.78. The van der Waals surface area contributed by atoms with Crippen molar-refractivity contribution in [2.45, 2.75) is 5.37 Å². The molecule has 1 atom stereocenters. The second-order valence-electron chi connectivity index (χ2n) is 6.31. The van der Waals surface area contributed by atoms with Crippen LogP contribution in [0.25, 0.3) is 0 Å². The van der Waals surface area contributed by atoms with Gasteiger partial charge in [0, 0.05) is 23.4 Å². The molecule has 0 spiro atoms. The lowest BCUT2D eigenvalue weighted by Crippen LogP contribution is -2.26. The van der Waals surface area contributed by atoms with Gasteiger partial charge >= 0.3 is 0 Å². The van der Waals surface area contributed by atoms with Crippen molar-refractivity contribution in [1.82, 2.24) is 9.99 Å². The third-order valence-electron chi connectivity index (χ3n) is 4.36. The predicted octanol–water partition coefficient (Wildman–Crippen LogP) is 4.76. The number of hydrazone groups is 1. The minimum absolute atomic E-state index is 0.00536. The van der Waals surface area contributed by atoms with E-state index < -0.39 is 28.7 Å². The summed E-state index contributed by atoms with van der Waals surface area (Å²) in [7, 11) is 1.39. The fourth-order valence-corrected chi connectivity index (χ4v) is 4.13. The SMILES string of the molecule is COc1cc(F)ccc1C1SC(c2ccc(F)cc2)=NN1C(=O)c1cncc(F)c1. The van der Waals surface area contributed by atoms with E-state index in [0.717, 1.165) is 17.3 Å². The molecular weight excluding hydrogens is 415 g/mol. The first-order valence-electron chi connectivity index (χ1n) is 8.75. The van der Waals surface area contributed by atoms with Crippen molar-refractivity contribution in [3.05, 3.63) is 95.1 Å². The maximum absolute atomic E-state index is 13.7. The quantitative estimate of drug-likeness (QED) is 0.600. The number of amides is 1. The van der Waals surface area contributed by atoms with Gasteiger partial charge in [-0.1, -0.05) is 11.8 Å². The number of pyridine rings is 1. The maximum Gasteiger partial charge on any atom is 0.277 e. The summed E-state index contributed by atoms with van der Waals surface area (Å²) in [6, 6.07) is 10.7. The number of nitrogens with zero attached hydrogens (tertiary/aromatic N) is 3. The molecule has 1 unspecified atom stereocenters. The van der Waals surface area contributed by atoms with E-state index in [0.29, 0.717) is 16.2 Å². The highest BCUT2D eigenvalue weighted by Gasteiger charge is 2.36. The lowest BCUT2D eigenvalue weighted by Gasteiger charge is -2.22. The van der Waals surface area contributed by atoms with Gasteiger partial charge < -0.3 is 4.74 Å². The topological polar surface area (TPSA) is 54.8 Å². The second kappa shape index (κ2) is 8.19. The van der Waals surface area contributed by atoms with Gasteiger partial charge in [0.2, 0.25) is 0 Å². The Kier molecular flexibility index (Phi) is 5.45. The van der Waals surface area contributed by atoms with Crippen LogP contribution < -0.4 is 4.74 Å². The van der Waals surface area contributed by atoms with Crippen LogP contribution in [0.3, 0.4) is 0 Å². The third kappa shape index (κ3) is 3.88. The van der Waals surface area contributed by atoms with Gasteiger partial charge in [0.1, 0.15) is 33.6 Å². The van der Waals surface area contributed by atoms with Crippen LogP contribution >= 0.6 is 11.8 Å². The number of thioether (sulfide) groups is 1. The molecule has 2 heterocycles. The lowest BCUT2D eigenvalue weighted by atomic mass is 10.1. The van der Waals surface area contributed by atoms with Gasteiger partial charge in [0.15, 0.2) is 0 Å². The van der Waals surface area contributed by atoms with Crippen LogP contribution in [0.4, 0.5) is 13.2 Å². The molecule has 0 saturated carbocycles. The van der Waals surface area contributed by atoms with Gasteiger partial charge in [-0.2, -0.15) is 5.10 Å². The molecule has 0 radical (unpaired) electrons. The standard InChI is InChI=1S/C21H14F3N3O2S/c1-29-18-9-15(23)6-7-17(18)21-27(20(28)13-8-16(24)11-25-10-13)26-19(30-21)12-2-4-14(22)5-3-12/h2-11,21H,1H3. The highest BCUT2D eigenvalue weighted by Crippen LogP contribution is 2.45. The van der Waals surface area contributed by atoms with Gasteiger partial charge in [-0.3, -0.25) is 9.78 Å². The fourth-order valence-electron chi connectivity index (χ4n) is 2.94. The molecule has 4 rings (SSSR count). The van der Waals surface area contributed by atoms with Crippen molar-refractivity contribution in [1.29, 1.82) is 0 Å². The summed E-state index contributed by atoms with van der Waals surface area (Å²) in [6.45, 7) is 0. The summed E-state index contributed by atoms with van der Waals surface area (Å²) in [5, 5.41) is 5.29. The number of carbonyl (C=O) groups is 1. The zero-order valence-corrected chi connectivity index (χ0v) is 16.4. The van der Waals surface area contributed by atoms with E-state index in [2.05, 4.69) is 10.1 Å². The minimum atomic E-state index is -0.712. The van der Waals surface area contributed by atoms with Gasteiger partial charge in [0.25, 0.3) is 5.91 Å². The van der Waals surface area contributed by atoms with Crippen LogP contribution in [0.2, 0.25) is 0 Å². The number of aromatic nitrogens is 1. The lowest BCUT2D eigenvalue weighted by molar-refractivity contribution is 0.0747. The summed E-state index contributed by atoms with van der Waals surface area (Å²) in [5.41, 5.74) is 1.11. The molecule has 0 N–H and O–H groups in total. The molecule has 9 heteroatoms. The molecule has 1 aliphatic rings. The number of benzene rings is 2. The van der Waals surface area contributed by atoms with Crippen molar-refractivity contribution < 1.29 is 22.7 Å². The van der Waals surface area contributed by atoms with Crippen LogP contribution in [-0.4, -0.2) is 28.1 Å². The summed E-state index contributed by atoms with van der Waals surface area (Å²) in [5.74, 6) is -1.92. The molecule has 1 amide bonds. The van der Waals surface area contributed by atoms with Crippen molar-refractivity contribution in [2.75, 3.05) is 7.11 Å². The molecule has 152 valence electrons. The van der Waals surface area contributed by atoms with E-state index in [4.69, 9.17) is 4.74 Å². The number of hydrogen-bond donors (Lipinski definition) is 0. The normalized spacial score (nSPS) is 15.8. The zero-order valence-electron chi connectivity index (χ0n) is 15.6. The van der Waals surface area contributed by atoms with E-state index in [1.165, 1.54) is 67.5 Å². The molecule has 5 nitrogen and oxygen atoms in total. The fraction of sp³-hybridized carbons (Fsp3) is 0.0952. The molecule has 30 heavy (non-hydrogen) atoms. The predicted molar refractivity (Wildman–Crippen MR) is 107 cm³/mol. The van der Waals surface area contributed by atoms with Crippen molar-refractivity contribution >= 4 is 22.7 Å². The van der Waals surface area contributed by atoms with Gasteiger partial charge in [-0.05, 0) is 42.5 Å². The molecule has 1 aliphatic heterocycles. The summed E-state index contributed by atoms with van der Waals surface area (Å²) >= 11 is 1.21. The third-order valence-corrected chi connectivity index (χ3v) is 5.57. The van der Waals surface area contributed by atoms with E-state index in [-0.39, 0.29) is 11.3 Å². The summed E-state index contributed by atoms with van der Waals surface area (Å²) < 4.78 is 45.9. The molecule has 0 saturated heterocycles. The molecule has 2 aromatic carbocycles. The largest absolute Gasteiger partial charge is 0.496 e. The van der Waals surface area contributed by atoms with Crippen LogP contribution in [0.1, 0.15) is 26.9 Å². The molecule has 0 bridgehead atoms. The number of carbonyl (C=O) groups excluding carboxylic acids is 1. The maximum atomic E-state index is 13.7. The number of halogens is 3. The van der Waals surface area contributed by atoms with Gasteiger partial charge in [-0.25, -0.2) is 18.2 Å². The molecule has 0 fully saturated rings. The number of rotatable bonds is 4. The highest BCUT2D eigenvalue weighted by atomic mass is 32.2. The molecule has 0 aliphatic carbocycles. The van der Waals surface area contributed by atoms with Crippen LogP contribution in [0.5, 0.6) is 5.75 Å². The van der Waals surface area contributed by atoms with E-state index in [1.807, 2.05) is 0 Å². The van der Waals surface area contributed by atoms with Crippen LogP contribution in [-0.2, 0) is 0 Å². The smallest absolute Gasteiger partial charge is 0.277 e. The summed E-state index contributed by atoms with van der Waals surface area (Å²) in [6.07, 6.45) is 2.23. The Hall–Kier alpha value is -3.33. The Labute approximate surface area is 174 Å². The Bertz CT molecular complexity index is 1140. The van der Waals surface area contributed by atoms with E-state index >= 15 is 0 Å². The molecular formula is C21H14F3N3O2S. The first-order chi connectivity index (χ1) is 14.5. The number of ether oxygens (including phenoxy) is 1. The average Bonchev–Trinajstić information content (AvgIpc) is 3.18. The first-order valence-corrected chi connectivity index (χ1v) is 9.63. The van der Waals surface area contributed by atoms with E-state index in [1.54, 1.807) is 0 Å². The monoisotopic (exact) mass is 429 g/mol. The zero-order chi connectivity index (χ0) is 21.3. The summed E-state index contributed by atoms with van der Waals surface area (Å²) in [4.78, 5) is 16.8. The van der Waals surface area contributed by atoms with Crippen LogP contribution in [0, 0.1) is 17.5 Å². The second-order valence-corrected chi connectivity index (χ2v) is 7.38. The Morgan fingerprint density at radius 1 is 1.00 bits per heavy atom. The first kappa shape index (κ1) is 20.0. The Morgan fingerprint density at radius 3 is 2.43 bits per heavy atom. The van der Waals surface area contributed by atoms with E-state index in [9.17, 15) is 18.0 Å². The number of methoxy groups -OCH3 is 1. The minimum Gasteiger partial charge on any atom is -0.496 e. The van der Waals surface area contributed by atoms with Crippen molar-refractivity contribution in [3.8, 4) is 5.75 Å². The van der Waals surface area contributed by atoms with Crippen molar-refractivity contribution in [2.24, 2.45) is 5.10 Å². The van der Waals surface area contributed by atoms with Gasteiger partial charge in [-0.15, -0.1) is 0 Å².